The number of ketones is 1. The molecule has 3 aliphatic carbocycles. The Morgan fingerprint density at radius 1 is 1.27 bits per heavy atom. The Kier molecular flexibility index (Phi) is 3.34. The second-order valence-corrected chi connectivity index (χ2v) is 8.72. The molecule has 5 aliphatic rings. The highest BCUT2D eigenvalue weighted by Crippen LogP contribution is 2.64. The van der Waals surface area contributed by atoms with Crippen LogP contribution < -0.4 is 4.74 Å². The summed E-state index contributed by atoms with van der Waals surface area (Å²) in [6, 6.07) is 3.69. The first-order valence-corrected chi connectivity index (χ1v) is 9.56. The summed E-state index contributed by atoms with van der Waals surface area (Å²) >= 11 is 0. The summed E-state index contributed by atoms with van der Waals surface area (Å²) in [5.41, 5.74) is 0.454. The lowest BCUT2D eigenvalue weighted by atomic mass is 9.49. The third kappa shape index (κ3) is 1.77. The summed E-state index contributed by atoms with van der Waals surface area (Å²) in [6.45, 7) is 1.95. The van der Waals surface area contributed by atoms with Crippen molar-refractivity contribution in [1.29, 1.82) is 0 Å². The standard InChI is InChI=1S/C20H23NO4.ClH/c22-13-4-3-12-9-15-20(24)6-5-14(23)18-19(20,16(12)17(13)25-18)7-8-21(15)10-11-1-2-11;/h3-4,11,15,18,22,24H,1-2,5-10H2;1H/t15?,18-,19-,20+;/m0./s1. The average molecular weight is 378 g/mol. The van der Waals surface area contributed by atoms with E-state index in [-0.39, 0.29) is 30.0 Å². The van der Waals surface area contributed by atoms with Gasteiger partial charge in [0.25, 0.3) is 0 Å². The Hall–Kier alpha value is -1.30. The number of hydrogen-bond acceptors (Lipinski definition) is 5. The van der Waals surface area contributed by atoms with Gasteiger partial charge in [0.15, 0.2) is 23.4 Å². The third-order valence-electron chi connectivity index (χ3n) is 7.56. The van der Waals surface area contributed by atoms with Gasteiger partial charge < -0.3 is 14.9 Å². The van der Waals surface area contributed by atoms with Gasteiger partial charge in [-0.1, -0.05) is 6.07 Å². The van der Waals surface area contributed by atoms with E-state index in [0.717, 1.165) is 43.0 Å². The van der Waals surface area contributed by atoms with Gasteiger partial charge in [-0.15, -0.1) is 12.4 Å². The number of phenols is 1. The summed E-state index contributed by atoms with van der Waals surface area (Å²) in [5.74, 6) is 1.39. The Bertz CT molecular complexity index is 809. The van der Waals surface area contributed by atoms with E-state index < -0.39 is 17.1 Å². The molecule has 2 saturated carbocycles. The number of hydrogen-bond donors (Lipinski definition) is 2. The van der Waals surface area contributed by atoms with Crippen molar-refractivity contribution < 1.29 is 19.7 Å². The summed E-state index contributed by atoms with van der Waals surface area (Å²) in [5, 5.41) is 22.3. The lowest BCUT2D eigenvalue weighted by Crippen LogP contribution is -2.76. The highest BCUT2D eigenvalue weighted by atomic mass is 35.5. The molecule has 5 nitrogen and oxygen atoms in total. The van der Waals surface area contributed by atoms with Crippen LogP contribution >= 0.6 is 12.4 Å². The number of rotatable bonds is 2. The van der Waals surface area contributed by atoms with Gasteiger partial charge in [-0.25, -0.2) is 0 Å². The van der Waals surface area contributed by atoms with E-state index in [1.807, 2.05) is 6.07 Å². The van der Waals surface area contributed by atoms with Gasteiger partial charge in [0.2, 0.25) is 0 Å². The van der Waals surface area contributed by atoms with Crippen molar-refractivity contribution in [2.75, 3.05) is 13.1 Å². The van der Waals surface area contributed by atoms with Crippen LogP contribution in [-0.4, -0.2) is 51.7 Å². The van der Waals surface area contributed by atoms with E-state index >= 15 is 0 Å². The molecule has 2 aliphatic heterocycles. The minimum atomic E-state index is -0.940. The number of nitrogens with zero attached hydrogens (tertiary/aromatic N) is 1. The quantitative estimate of drug-likeness (QED) is 0.824. The van der Waals surface area contributed by atoms with Crippen LogP contribution in [0.4, 0.5) is 0 Å². The highest BCUT2D eigenvalue weighted by molar-refractivity contribution is 5.90. The predicted octanol–water partition coefficient (Wildman–Crippen LogP) is 1.95. The lowest BCUT2D eigenvalue weighted by molar-refractivity contribution is -0.188. The van der Waals surface area contributed by atoms with E-state index in [0.29, 0.717) is 18.6 Å². The zero-order valence-electron chi connectivity index (χ0n) is 14.6. The normalized spacial score (nSPS) is 39.8. The SMILES string of the molecule is Cl.O=C1CC[C@@]2(O)C3Cc4ccc(O)c5c4[C@@]2(CCN3CC2CC2)[C@H]1O5. The number of ether oxygens (including phenoxy) is 1. The molecule has 2 heterocycles. The first kappa shape index (κ1) is 16.8. The number of carbonyl (C=O) groups is 1. The molecule has 3 fully saturated rings. The number of piperidine rings is 1. The van der Waals surface area contributed by atoms with Gasteiger partial charge in [0.1, 0.15) is 0 Å². The molecule has 0 amide bonds. The molecular weight excluding hydrogens is 354 g/mol. The molecule has 1 spiro atoms. The number of benzene rings is 1. The molecule has 2 bridgehead atoms. The molecule has 1 saturated heterocycles. The molecule has 4 atom stereocenters. The van der Waals surface area contributed by atoms with Crippen LogP contribution in [0.3, 0.4) is 0 Å². The van der Waals surface area contributed by atoms with Crippen molar-refractivity contribution >= 4 is 18.2 Å². The maximum Gasteiger partial charge on any atom is 0.174 e. The van der Waals surface area contributed by atoms with Crippen LogP contribution in [0.25, 0.3) is 0 Å². The molecule has 2 N–H and O–H groups in total. The van der Waals surface area contributed by atoms with Crippen LogP contribution in [0.1, 0.15) is 43.2 Å². The number of likely N-dealkylation sites (tertiary alicyclic amines) is 1. The van der Waals surface area contributed by atoms with Gasteiger partial charge in [-0.3, -0.25) is 9.69 Å². The minimum absolute atomic E-state index is 0. The third-order valence-corrected chi connectivity index (χ3v) is 7.56. The molecule has 140 valence electrons. The van der Waals surface area contributed by atoms with Crippen molar-refractivity contribution in [2.24, 2.45) is 5.92 Å². The Morgan fingerprint density at radius 2 is 2.08 bits per heavy atom. The first-order valence-electron chi connectivity index (χ1n) is 9.56. The number of aliphatic hydroxyl groups is 1. The van der Waals surface area contributed by atoms with Crippen LogP contribution in [0.15, 0.2) is 12.1 Å². The van der Waals surface area contributed by atoms with Crippen molar-refractivity contribution in [2.45, 2.75) is 61.7 Å². The number of phenolic OH excluding ortho intramolecular Hbond substituents is 1. The van der Waals surface area contributed by atoms with Crippen LogP contribution in [0.2, 0.25) is 0 Å². The van der Waals surface area contributed by atoms with Crippen molar-refractivity contribution in [3.63, 3.8) is 0 Å². The maximum absolute atomic E-state index is 12.7. The second kappa shape index (κ2) is 5.15. The summed E-state index contributed by atoms with van der Waals surface area (Å²) in [6.07, 6.45) is 4.33. The van der Waals surface area contributed by atoms with Gasteiger partial charge in [-0.05, 0) is 56.2 Å². The highest BCUT2D eigenvalue weighted by Gasteiger charge is 2.73. The fraction of sp³-hybridized carbons (Fsp3) is 0.650. The summed E-state index contributed by atoms with van der Waals surface area (Å²) < 4.78 is 6.04. The molecule has 6 rings (SSSR count). The Morgan fingerprint density at radius 3 is 2.85 bits per heavy atom. The van der Waals surface area contributed by atoms with E-state index in [4.69, 9.17) is 4.74 Å². The smallest absolute Gasteiger partial charge is 0.174 e. The Labute approximate surface area is 158 Å². The van der Waals surface area contributed by atoms with Crippen LogP contribution in [0, 0.1) is 5.92 Å². The molecule has 1 aromatic carbocycles. The van der Waals surface area contributed by atoms with Crippen molar-refractivity contribution in [3.8, 4) is 11.5 Å². The monoisotopic (exact) mass is 377 g/mol. The van der Waals surface area contributed by atoms with E-state index in [1.165, 1.54) is 12.8 Å². The Balaban J connectivity index is 0.00000150. The van der Waals surface area contributed by atoms with Crippen LogP contribution in [-0.2, 0) is 16.6 Å². The number of aromatic hydroxyl groups is 1. The fourth-order valence-electron chi connectivity index (χ4n) is 6.26. The molecule has 0 aromatic heterocycles. The molecule has 1 unspecified atom stereocenters. The van der Waals surface area contributed by atoms with Crippen molar-refractivity contribution in [3.05, 3.63) is 23.3 Å². The fourth-order valence-corrected chi connectivity index (χ4v) is 6.26. The zero-order chi connectivity index (χ0) is 17.0. The van der Waals surface area contributed by atoms with Crippen molar-refractivity contribution in [1.82, 2.24) is 4.90 Å². The maximum atomic E-state index is 12.7. The number of halogens is 1. The molecule has 6 heteroatoms. The van der Waals surface area contributed by atoms with Gasteiger partial charge in [-0.2, -0.15) is 0 Å². The van der Waals surface area contributed by atoms with E-state index in [1.54, 1.807) is 6.07 Å². The first-order chi connectivity index (χ1) is 12.0. The molecule has 26 heavy (non-hydrogen) atoms. The molecular formula is C20H24ClNO4. The van der Waals surface area contributed by atoms with Gasteiger partial charge >= 0.3 is 0 Å². The number of carbonyl (C=O) groups excluding carboxylic acids is 1. The van der Waals surface area contributed by atoms with E-state index in [9.17, 15) is 15.0 Å². The lowest BCUT2D eigenvalue weighted by Gasteiger charge is -2.62. The topological polar surface area (TPSA) is 70.0 Å². The molecule has 1 aromatic rings. The largest absolute Gasteiger partial charge is 0.504 e. The van der Waals surface area contributed by atoms with Gasteiger partial charge in [0.05, 0.1) is 11.0 Å². The second-order valence-electron chi connectivity index (χ2n) is 8.72. The molecule has 0 radical (unpaired) electrons. The minimum Gasteiger partial charge on any atom is -0.504 e. The number of Topliss-reactive ketones (excluding diaryl/α,β-unsaturated/α-hetero) is 1. The average Bonchev–Trinajstić information content (AvgIpc) is 3.32. The van der Waals surface area contributed by atoms with E-state index in [2.05, 4.69) is 4.90 Å². The predicted molar refractivity (Wildman–Crippen MR) is 97.0 cm³/mol. The van der Waals surface area contributed by atoms with Gasteiger partial charge in [0, 0.05) is 24.6 Å². The summed E-state index contributed by atoms with van der Waals surface area (Å²) in [7, 11) is 0. The zero-order valence-corrected chi connectivity index (χ0v) is 15.4. The summed E-state index contributed by atoms with van der Waals surface area (Å²) in [4.78, 5) is 15.2. The van der Waals surface area contributed by atoms with Crippen LogP contribution in [0.5, 0.6) is 11.5 Å².